The van der Waals surface area contributed by atoms with Crippen molar-refractivity contribution in [1.82, 2.24) is 0 Å². The van der Waals surface area contributed by atoms with Crippen molar-refractivity contribution in [1.29, 1.82) is 0 Å². The average Bonchev–Trinajstić information content (AvgIpc) is 2.63. The number of rotatable bonds is 14. The lowest BCUT2D eigenvalue weighted by Gasteiger charge is -2.11. The first kappa shape index (κ1) is 24.3. The standard InChI is InChI=1S/C23H36O3/c1-3-5-7-10-14-17-21(24)18-15-11-8-9-12-16-20-23(26)22(25)19-13-6-4-2/h6,8-16,18,20-26H,3-5,7,17,19H2,1-2H3/b11-8-,12-9+,13-6-,14-10-,18-15+,20-16+/t21-,22-,23+/m0/s1. The van der Waals surface area contributed by atoms with Crippen LogP contribution in [0.15, 0.2) is 72.9 Å². The van der Waals surface area contributed by atoms with E-state index in [-0.39, 0.29) is 0 Å². The molecule has 0 rings (SSSR count). The van der Waals surface area contributed by atoms with Gasteiger partial charge in [0.15, 0.2) is 0 Å². The molecule has 3 nitrogen and oxygen atoms in total. The summed E-state index contributed by atoms with van der Waals surface area (Å²) in [7, 11) is 0. The fraction of sp³-hybridized carbons (Fsp3) is 0.478. The van der Waals surface area contributed by atoms with Crippen LogP contribution in [0.1, 0.15) is 52.4 Å². The Bertz CT molecular complexity index is 484. The SMILES string of the molecule is CC/C=C\C[C@H](O)[C@H](O)/C=C/C=C/C=C\C=C\[C@@H](O)C/C=C\CCCC. The molecule has 3 atom stereocenters. The molecule has 0 saturated heterocycles. The normalized spacial score (nSPS) is 17.0. The highest BCUT2D eigenvalue weighted by Crippen LogP contribution is 2.03. The van der Waals surface area contributed by atoms with Crippen LogP contribution in [0.25, 0.3) is 0 Å². The molecule has 0 fully saturated rings. The Morgan fingerprint density at radius 1 is 0.692 bits per heavy atom. The van der Waals surface area contributed by atoms with Crippen molar-refractivity contribution in [2.24, 2.45) is 0 Å². The maximum Gasteiger partial charge on any atom is 0.0986 e. The van der Waals surface area contributed by atoms with Gasteiger partial charge in [0.25, 0.3) is 0 Å². The molecule has 26 heavy (non-hydrogen) atoms. The number of aliphatic hydroxyl groups is 3. The lowest BCUT2D eigenvalue weighted by atomic mass is 10.1. The van der Waals surface area contributed by atoms with E-state index in [1.54, 1.807) is 24.3 Å². The Balaban J connectivity index is 4.01. The van der Waals surface area contributed by atoms with E-state index in [0.717, 1.165) is 12.8 Å². The van der Waals surface area contributed by atoms with Crippen LogP contribution >= 0.6 is 0 Å². The maximum absolute atomic E-state index is 9.78. The molecule has 0 saturated carbocycles. The average molecular weight is 361 g/mol. The summed E-state index contributed by atoms with van der Waals surface area (Å²) in [5.41, 5.74) is 0. The molecule has 0 bridgehead atoms. The van der Waals surface area contributed by atoms with Crippen molar-refractivity contribution in [3.8, 4) is 0 Å². The van der Waals surface area contributed by atoms with E-state index in [2.05, 4.69) is 13.0 Å². The molecule has 0 radical (unpaired) electrons. The summed E-state index contributed by atoms with van der Waals surface area (Å²) in [4.78, 5) is 0. The topological polar surface area (TPSA) is 60.7 Å². The molecule has 0 aromatic carbocycles. The third-order valence-electron chi connectivity index (χ3n) is 3.64. The summed E-state index contributed by atoms with van der Waals surface area (Å²) in [5, 5.41) is 29.3. The first-order chi connectivity index (χ1) is 12.6. The fourth-order valence-corrected chi connectivity index (χ4v) is 2.05. The number of hydrogen-bond donors (Lipinski definition) is 3. The zero-order valence-corrected chi connectivity index (χ0v) is 16.2. The summed E-state index contributed by atoms with van der Waals surface area (Å²) in [6.07, 6.45) is 25.5. The van der Waals surface area contributed by atoms with Gasteiger partial charge in [0.05, 0.1) is 18.3 Å². The van der Waals surface area contributed by atoms with Crippen LogP contribution in [0, 0.1) is 0 Å². The molecular formula is C23H36O3. The molecule has 0 heterocycles. The van der Waals surface area contributed by atoms with Crippen LogP contribution in [0.4, 0.5) is 0 Å². The molecule has 0 unspecified atom stereocenters. The molecule has 0 aromatic rings. The Labute approximate surface area is 159 Å². The minimum absolute atomic E-state index is 0.448. The molecule has 0 aromatic heterocycles. The Kier molecular flexibility index (Phi) is 17.0. The van der Waals surface area contributed by atoms with Gasteiger partial charge < -0.3 is 15.3 Å². The summed E-state index contributed by atoms with van der Waals surface area (Å²) in [5.74, 6) is 0. The number of unbranched alkanes of at least 4 members (excludes halogenated alkanes) is 2. The molecule has 3 N–H and O–H groups in total. The third-order valence-corrected chi connectivity index (χ3v) is 3.64. The zero-order chi connectivity index (χ0) is 19.5. The summed E-state index contributed by atoms with van der Waals surface area (Å²) in [6.45, 7) is 4.19. The van der Waals surface area contributed by atoms with Gasteiger partial charge in [-0.15, -0.1) is 0 Å². The highest BCUT2D eigenvalue weighted by molar-refractivity contribution is 5.17. The Morgan fingerprint density at radius 3 is 1.96 bits per heavy atom. The van der Waals surface area contributed by atoms with Crippen molar-refractivity contribution in [3.05, 3.63) is 72.9 Å². The number of allylic oxidation sites excluding steroid dienone is 8. The quantitative estimate of drug-likeness (QED) is 0.237. The van der Waals surface area contributed by atoms with Gasteiger partial charge >= 0.3 is 0 Å². The third kappa shape index (κ3) is 15.8. The van der Waals surface area contributed by atoms with Crippen molar-refractivity contribution in [3.63, 3.8) is 0 Å². The van der Waals surface area contributed by atoms with Gasteiger partial charge in [-0.25, -0.2) is 0 Å². The van der Waals surface area contributed by atoms with Crippen LogP contribution in [0.2, 0.25) is 0 Å². The molecule has 0 spiro atoms. The predicted octanol–water partition coefficient (Wildman–Crippen LogP) is 4.79. The van der Waals surface area contributed by atoms with Crippen LogP contribution in [-0.2, 0) is 0 Å². The molecule has 0 aliphatic rings. The first-order valence-electron chi connectivity index (χ1n) is 9.64. The van der Waals surface area contributed by atoms with Crippen LogP contribution < -0.4 is 0 Å². The van der Waals surface area contributed by atoms with E-state index >= 15 is 0 Å². The smallest absolute Gasteiger partial charge is 0.0986 e. The van der Waals surface area contributed by atoms with E-state index in [4.69, 9.17) is 0 Å². The predicted molar refractivity (Wildman–Crippen MR) is 112 cm³/mol. The molecule has 0 aliphatic carbocycles. The van der Waals surface area contributed by atoms with Crippen molar-refractivity contribution in [2.45, 2.75) is 70.7 Å². The largest absolute Gasteiger partial charge is 0.390 e. The molecule has 146 valence electrons. The van der Waals surface area contributed by atoms with Crippen molar-refractivity contribution in [2.75, 3.05) is 0 Å². The first-order valence-corrected chi connectivity index (χ1v) is 9.64. The van der Waals surface area contributed by atoms with E-state index in [1.165, 1.54) is 12.8 Å². The van der Waals surface area contributed by atoms with Gasteiger partial charge in [-0.1, -0.05) is 99.6 Å². The van der Waals surface area contributed by atoms with Crippen LogP contribution in [-0.4, -0.2) is 33.6 Å². The van der Waals surface area contributed by atoms with Crippen LogP contribution in [0.5, 0.6) is 0 Å². The lowest BCUT2D eigenvalue weighted by Crippen LogP contribution is -2.22. The Morgan fingerprint density at radius 2 is 1.31 bits per heavy atom. The van der Waals surface area contributed by atoms with E-state index in [9.17, 15) is 15.3 Å². The molecule has 3 heteroatoms. The van der Waals surface area contributed by atoms with E-state index in [1.807, 2.05) is 49.5 Å². The maximum atomic E-state index is 9.78. The summed E-state index contributed by atoms with van der Waals surface area (Å²) in [6, 6.07) is 0. The second kappa shape index (κ2) is 18.1. The molecule has 0 amide bonds. The fourth-order valence-electron chi connectivity index (χ4n) is 2.05. The summed E-state index contributed by atoms with van der Waals surface area (Å²) < 4.78 is 0. The zero-order valence-electron chi connectivity index (χ0n) is 16.2. The second-order valence-corrected chi connectivity index (χ2v) is 6.13. The monoisotopic (exact) mass is 360 g/mol. The Hall–Kier alpha value is -1.68. The van der Waals surface area contributed by atoms with Gasteiger partial charge in [-0.3, -0.25) is 0 Å². The van der Waals surface area contributed by atoms with E-state index in [0.29, 0.717) is 12.8 Å². The number of aliphatic hydroxyl groups excluding tert-OH is 3. The lowest BCUT2D eigenvalue weighted by molar-refractivity contribution is 0.0511. The van der Waals surface area contributed by atoms with Crippen molar-refractivity contribution < 1.29 is 15.3 Å². The minimum atomic E-state index is -0.870. The second-order valence-electron chi connectivity index (χ2n) is 6.13. The minimum Gasteiger partial charge on any atom is -0.390 e. The number of hydrogen-bond acceptors (Lipinski definition) is 3. The van der Waals surface area contributed by atoms with Crippen molar-refractivity contribution >= 4 is 0 Å². The molecular weight excluding hydrogens is 324 g/mol. The van der Waals surface area contributed by atoms with Gasteiger partial charge in [0.1, 0.15) is 0 Å². The van der Waals surface area contributed by atoms with Crippen LogP contribution in [0.3, 0.4) is 0 Å². The molecule has 0 aliphatic heterocycles. The summed E-state index contributed by atoms with van der Waals surface area (Å²) >= 11 is 0. The van der Waals surface area contributed by atoms with Gasteiger partial charge in [0, 0.05) is 0 Å². The highest BCUT2D eigenvalue weighted by atomic mass is 16.3. The van der Waals surface area contributed by atoms with E-state index < -0.39 is 18.3 Å². The van der Waals surface area contributed by atoms with Gasteiger partial charge in [0.2, 0.25) is 0 Å². The van der Waals surface area contributed by atoms with Gasteiger partial charge in [-0.05, 0) is 25.7 Å². The highest BCUT2D eigenvalue weighted by Gasteiger charge is 2.10. The van der Waals surface area contributed by atoms with Gasteiger partial charge in [-0.2, -0.15) is 0 Å².